The van der Waals surface area contributed by atoms with Crippen molar-refractivity contribution in [3.05, 3.63) is 59.2 Å². The highest BCUT2D eigenvalue weighted by Crippen LogP contribution is 2.27. The van der Waals surface area contributed by atoms with E-state index in [2.05, 4.69) is 11.4 Å². The number of rotatable bonds is 6. The molecule has 0 aliphatic rings. The van der Waals surface area contributed by atoms with Crippen LogP contribution < -0.4 is 10.1 Å². The van der Waals surface area contributed by atoms with Crippen molar-refractivity contribution in [2.24, 2.45) is 0 Å². The number of aliphatic hydroxyl groups is 1. The first-order valence-corrected chi connectivity index (χ1v) is 7.25. The van der Waals surface area contributed by atoms with E-state index in [0.29, 0.717) is 12.1 Å². The van der Waals surface area contributed by atoms with E-state index in [9.17, 15) is 0 Å². The molecule has 0 bridgehead atoms. The molecule has 0 radical (unpaired) electrons. The summed E-state index contributed by atoms with van der Waals surface area (Å²) in [4.78, 5) is 0. The van der Waals surface area contributed by atoms with Gasteiger partial charge in [-0.05, 0) is 43.2 Å². The quantitative estimate of drug-likeness (QED) is 0.857. The van der Waals surface area contributed by atoms with Gasteiger partial charge in [0, 0.05) is 6.54 Å². The highest BCUT2D eigenvalue weighted by molar-refractivity contribution is 5.60. The fourth-order valence-corrected chi connectivity index (χ4v) is 2.05. The minimum atomic E-state index is 0.0459. The topological polar surface area (TPSA) is 65.3 Å². The predicted molar refractivity (Wildman–Crippen MR) is 86.6 cm³/mol. The third kappa shape index (κ3) is 4.24. The first kappa shape index (κ1) is 15.9. The summed E-state index contributed by atoms with van der Waals surface area (Å²) in [6, 6.07) is 15.2. The average Bonchev–Trinajstić information content (AvgIpc) is 2.54. The average molecular weight is 296 g/mol. The van der Waals surface area contributed by atoms with Gasteiger partial charge in [-0.15, -0.1) is 0 Å². The first-order chi connectivity index (χ1) is 10.6. The smallest absolute Gasteiger partial charge is 0.142 e. The van der Waals surface area contributed by atoms with Crippen LogP contribution >= 0.6 is 0 Å². The maximum atomic E-state index is 9.05. The molecule has 0 aromatic heterocycles. The molecule has 0 fully saturated rings. The number of hydrogen-bond donors (Lipinski definition) is 2. The van der Waals surface area contributed by atoms with E-state index in [1.807, 2.05) is 44.2 Å². The van der Waals surface area contributed by atoms with Crippen molar-refractivity contribution in [3.63, 3.8) is 0 Å². The lowest BCUT2D eigenvalue weighted by atomic mass is 10.1. The summed E-state index contributed by atoms with van der Waals surface area (Å²) < 4.78 is 5.76. The van der Waals surface area contributed by atoms with E-state index in [-0.39, 0.29) is 12.7 Å². The first-order valence-electron chi connectivity index (χ1n) is 7.25. The van der Waals surface area contributed by atoms with Crippen LogP contribution in [-0.2, 0) is 13.2 Å². The molecule has 2 aromatic rings. The molecule has 4 nitrogen and oxygen atoms in total. The van der Waals surface area contributed by atoms with Gasteiger partial charge in [0.25, 0.3) is 0 Å². The van der Waals surface area contributed by atoms with Crippen LogP contribution in [0, 0.1) is 11.3 Å². The molecule has 0 unspecified atom stereocenters. The number of nitrogens with one attached hydrogen (secondary N) is 1. The van der Waals surface area contributed by atoms with Crippen molar-refractivity contribution in [3.8, 4) is 11.8 Å². The van der Waals surface area contributed by atoms with E-state index in [0.717, 1.165) is 22.6 Å². The second-order valence-electron chi connectivity index (χ2n) is 5.32. The van der Waals surface area contributed by atoms with Gasteiger partial charge >= 0.3 is 0 Å². The molecule has 4 heteroatoms. The molecule has 22 heavy (non-hydrogen) atoms. The standard InChI is InChI=1S/C18H20N2O2/c1-13(2)22-18-8-7-16(10-19)9-17(18)20-11-14-3-5-15(12-21)6-4-14/h3-9,13,20-21H,11-12H2,1-2H3. The van der Waals surface area contributed by atoms with E-state index in [1.165, 1.54) is 0 Å². The fourth-order valence-electron chi connectivity index (χ4n) is 2.05. The molecular weight excluding hydrogens is 276 g/mol. The lowest BCUT2D eigenvalue weighted by Gasteiger charge is -2.16. The van der Waals surface area contributed by atoms with E-state index in [4.69, 9.17) is 15.1 Å². The molecule has 0 saturated carbocycles. The summed E-state index contributed by atoms with van der Waals surface area (Å²) in [7, 11) is 0. The van der Waals surface area contributed by atoms with Crippen LogP contribution in [0.3, 0.4) is 0 Å². The molecule has 0 amide bonds. The summed E-state index contributed by atoms with van der Waals surface area (Å²) >= 11 is 0. The molecule has 0 heterocycles. The Balaban J connectivity index is 2.14. The molecule has 0 atom stereocenters. The Morgan fingerprint density at radius 1 is 1.14 bits per heavy atom. The van der Waals surface area contributed by atoms with Crippen molar-refractivity contribution in [2.75, 3.05) is 5.32 Å². The summed E-state index contributed by atoms with van der Waals surface area (Å²) in [5, 5.41) is 21.4. The van der Waals surface area contributed by atoms with Crippen LogP contribution in [-0.4, -0.2) is 11.2 Å². The fraction of sp³-hybridized carbons (Fsp3) is 0.278. The Morgan fingerprint density at radius 3 is 2.41 bits per heavy atom. The molecule has 2 aromatic carbocycles. The second kappa shape index (κ2) is 7.48. The predicted octanol–water partition coefficient (Wildman–Crippen LogP) is 3.45. The van der Waals surface area contributed by atoms with Gasteiger partial charge in [-0.2, -0.15) is 5.26 Å². The zero-order chi connectivity index (χ0) is 15.9. The van der Waals surface area contributed by atoms with Crippen molar-refractivity contribution in [1.82, 2.24) is 0 Å². The summed E-state index contributed by atoms with van der Waals surface area (Å²) in [5.41, 5.74) is 3.38. The third-order valence-corrected chi connectivity index (χ3v) is 3.16. The van der Waals surface area contributed by atoms with Gasteiger partial charge in [0.1, 0.15) is 5.75 Å². The van der Waals surface area contributed by atoms with E-state index < -0.39 is 0 Å². The van der Waals surface area contributed by atoms with Crippen LogP contribution in [0.15, 0.2) is 42.5 Å². The molecular formula is C18H20N2O2. The zero-order valence-electron chi connectivity index (χ0n) is 12.8. The van der Waals surface area contributed by atoms with Gasteiger partial charge in [0.05, 0.1) is 30.0 Å². The highest BCUT2D eigenvalue weighted by atomic mass is 16.5. The molecule has 0 saturated heterocycles. The SMILES string of the molecule is CC(C)Oc1ccc(C#N)cc1NCc1ccc(CO)cc1. The van der Waals surface area contributed by atoms with Crippen LogP contribution in [0.2, 0.25) is 0 Å². The second-order valence-corrected chi connectivity index (χ2v) is 5.32. The number of aliphatic hydroxyl groups excluding tert-OH is 1. The van der Waals surface area contributed by atoms with Gasteiger partial charge in [0.15, 0.2) is 0 Å². The minimum Gasteiger partial charge on any atom is -0.489 e. The van der Waals surface area contributed by atoms with Crippen molar-refractivity contribution < 1.29 is 9.84 Å². The van der Waals surface area contributed by atoms with Crippen molar-refractivity contribution in [2.45, 2.75) is 33.1 Å². The maximum Gasteiger partial charge on any atom is 0.142 e. The van der Waals surface area contributed by atoms with Crippen LogP contribution in [0.4, 0.5) is 5.69 Å². The molecule has 114 valence electrons. The monoisotopic (exact) mass is 296 g/mol. The summed E-state index contributed by atoms with van der Waals surface area (Å²) in [6.07, 6.45) is 0.0670. The number of benzene rings is 2. The summed E-state index contributed by atoms with van der Waals surface area (Å²) in [5.74, 6) is 0.737. The molecule has 2 rings (SSSR count). The largest absolute Gasteiger partial charge is 0.489 e. The lowest BCUT2D eigenvalue weighted by molar-refractivity contribution is 0.243. The normalized spacial score (nSPS) is 10.3. The zero-order valence-corrected chi connectivity index (χ0v) is 12.8. The van der Waals surface area contributed by atoms with Crippen LogP contribution in [0.25, 0.3) is 0 Å². The van der Waals surface area contributed by atoms with Crippen molar-refractivity contribution in [1.29, 1.82) is 5.26 Å². The maximum absolute atomic E-state index is 9.05. The van der Waals surface area contributed by atoms with Gasteiger partial charge in [-0.3, -0.25) is 0 Å². The Kier molecular flexibility index (Phi) is 5.40. The number of hydrogen-bond acceptors (Lipinski definition) is 4. The third-order valence-electron chi connectivity index (χ3n) is 3.16. The lowest BCUT2D eigenvalue weighted by Crippen LogP contribution is -2.09. The minimum absolute atomic E-state index is 0.0459. The van der Waals surface area contributed by atoms with Gasteiger partial charge in [-0.1, -0.05) is 24.3 Å². The van der Waals surface area contributed by atoms with Crippen LogP contribution in [0.5, 0.6) is 5.75 Å². The number of nitriles is 1. The van der Waals surface area contributed by atoms with Crippen LogP contribution in [0.1, 0.15) is 30.5 Å². The van der Waals surface area contributed by atoms with Gasteiger partial charge in [0.2, 0.25) is 0 Å². The highest BCUT2D eigenvalue weighted by Gasteiger charge is 2.07. The van der Waals surface area contributed by atoms with E-state index >= 15 is 0 Å². The van der Waals surface area contributed by atoms with E-state index in [1.54, 1.807) is 12.1 Å². The molecule has 2 N–H and O–H groups in total. The number of nitrogens with zero attached hydrogens (tertiary/aromatic N) is 1. The molecule has 0 aliphatic carbocycles. The molecule has 0 aliphatic heterocycles. The van der Waals surface area contributed by atoms with Gasteiger partial charge in [-0.25, -0.2) is 0 Å². The Labute approximate surface area is 131 Å². The summed E-state index contributed by atoms with van der Waals surface area (Å²) in [6.45, 7) is 4.60. The Morgan fingerprint density at radius 2 is 1.82 bits per heavy atom. The number of anilines is 1. The van der Waals surface area contributed by atoms with Crippen molar-refractivity contribution >= 4 is 5.69 Å². The Hall–Kier alpha value is -2.51. The molecule has 0 spiro atoms. The van der Waals surface area contributed by atoms with Gasteiger partial charge < -0.3 is 15.2 Å². The number of ether oxygens (including phenoxy) is 1. The Bertz CT molecular complexity index is 658.